The van der Waals surface area contributed by atoms with Crippen LogP contribution in [0.5, 0.6) is 5.75 Å². The summed E-state index contributed by atoms with van der Waals surface area (Å²) in [5, 5.41) is 19.3. The third-order valence-corrected chi connectivity index (χ3v) is 5.78. The van der Waals surface area contributed by atoms with Crippen molar-refractivity contribution in [3.05, 3.63) is 64.7 Å². The Morgan fingerprint density at radius 3 is 2.74 bits per heavy atom. The third kappa shape index (κ3) is 5.20. The monoisotopic (exact) mass is 483 g/mol. The number of hydrogen-bond acceptors (Lipinski definition) is 6. The molecule has 0 radical (unpaired) electrons. The number of anilines is 3. The van der Waals surface area contributed by atoms with E-state index < -0.39 is 12.7 Å². The number of nitrogens with zero attached hydrogens (tertiary/aromatic N) is 1. The molecule has 2 aromatic carbocycles. The molecule has 3 aromatic rings. The highest BCUT2D eigenvalue weighted by Crippen LogP contribution is 2.33. The molecule has 1 aromatic heterocycles. The quantitative estimate of drug-likeness (QED) is 0.325. The van der Waals surface area contributed by atoms with Crippen LogP contribution in [0.15, 0.2) is 48.5 Å². The van der Waals surface area contributed by atoms with Crippen LogP contribution >= 0.6 is 11.6 Å². The highest BCUT2D eigenvalue weighted by Gasteiger charge is 2.27. The van der Waals surface area contributed by atoms with E-state index in [1.807, 2.05) is 0 Å². The van der Waals surface area contributed by atoms with Crippen molar-refractivity contribution >= 4 is 40.6 Å². The number of rotatable bonds is 7. The molecule has 1 fully saturated rings. The predicted molar refractivity (Wildman–Crippen MR) is 128 cm³/mol. The van der Waals surface area contributed by atoms with Crippen LogP contribution in [0.1, 0.15) is 24.0 Å². The highest BCUT2D eigenvalue weighted by molar-refractivity contribution is 6.30. The van der Waals surface area contributed by atoms with Crippen molar-refractivity contribution in [2.45, 2.75) is 32.1 Å². The van der Waals surface area contributed by atoms with Crippen LogP contribution in [0.4, 0.5) is 21.6 Å². The average molecular weight is 484 g/mol. The zero-order valence-electron chi connectivity index (χ0n) is 18.1. The summed E-state index contributed by atoms with van der Waals surface area (Å²) in [6.45, 7) is -0.530. The summed E-state index contributed by atoms with van der Waals surface area (Å²) in [7, 11) is 0. The second-order valence-corrected chi connectivity index (χ2v) is 8.35. The molecule has 1 aliphatic rings. The Morgan fingerprint density at radius 1 is 1.21 bits per heavy atom. The number of aromatic nitrogens is 1. The lowest BCUT2D eigenvalue weighted by Crippen LogP contribution is -2.41. The SMILES string of the molecule is Nc1nc(-c2cc(Nc3ccc(Cl)cc3CF)ccc2O)ccc1CNC(=O)[C@@H]1CCC(=O)N1. The first kappa shape index (κ1) is 23.3. The van der Waals surface area contributed by atoms with Crippen LogP contribution < -0.4 is 21.7 Å². The van der Waals surface area contributed by atoms with Gasteiger partial charge in [0.2, 0.25) is 11.8 Å². The molecular formula is C24H23ClFN5O3. The van der Waals surface area contributed by atoms with Gasteiger partial charge in [-0.25, -0.2) is 9.37 Å². The van der Waals surface area contributed by atoms with Gasteiger partial charge in [0.05, 0.1) is 5.69 Å². The molecule has 4 rings (SSSR count). The predicted octanol–water partition coefficient (Wildman–Crippen LogP) is 3.80. The molecule has 34 heavy (non-hydrogen) atoms. The lowest BCUT2D eigenvalue weighted by molar-refractivity contribution is -0.125. The van der Waals surface area contributed by atoms with Gasteiger partial charge in [-0.2, -0.15) is 0 Å². The average Bonchev–Trinajstić information content (AvgIpc) is 3.26. The van der Waals surface area contributed by atoms with Gasteiger partial charge < -0.3 is 26.8 Å². The number of carbonyl (C=O) groups is 2. The first-order valence-electron chi connectivity index (χ1n) is 10.6. The van der Waals surface area contributed by atoms with Crippen LogP contribution in [-0.4, -0.2) is 27.9 Å². The molecule has 0 saturated carbocycles. The molecule has 176 valence electrons. The van der Waals surface area contributed by atoms with E-state index in [-0.39, 0.29) is 29.9 Å². The largest absolute Gasteiger partial charge is 0.507 e. The first-order chi connectivity index (χ1) is 16.3. The first-order valence-corrected chi connectivity index (χ1v) is 11.0. The van der Waals surface area contributed by atoms with Crippen LogP contribution in [0.25, 0.3) is 11.3 Å². The molecule has 10 heteroatoms. The van der Waals surface area contributed by atoms with Crippen LogP contribution in [0.3, 0.4) is 0 Å². The van der Waals surface area contributed by atoms with E-state index in [4.69, 9.17) is 17.3 Å². The van der Waals surface area contributed by atoms with Gasteiger partial charge in [0.1, 0.15) is 24.3 Å². The van der Waals surface area contributed by atoms with E-state index in [0.717, 1.165) is 0 Å². The Balaban J connectivity index is 1.50. The molecule has 0 spiro atoms. The van der Waals surface area contributed by atoms with Crippen molar-refractivity contribution in [3.8, 4) is 17.0 Å². The molecule has 8 nitrogen and oxygen atoms in total. The van der Waals surface area contributed by atoms with E-state index in [1.54, 1.807) is 42.5 Å². The minimum absolute atomic E-state index is 0.00250. The molecule has 2 amide bonds. The molecule has 2 heterocycles. The number of benzene rings is 2. The van der Waals surface area contributed by atoms with Gasteiger partial charge in [-0.05, 0) is 48.9 Å². The Morgan fingerprint density at radius 2 is 2.03 bits per heavy atom. The number of nitrogens with one attached hydrogen (secondary N) is 3. The Kier molecular flexibility index (Phi) is 6.83. The number of nitrogens with two attached hydrogens (primary N) is 1. The fourth-order valence-corrected chi connectivity index (χ4v) is 3.88. The lowest BCUT2D eigenvalue weighted by atomic mass is 10.1. The number of aromatic hydroxyl groups is 1. The fourth-order valence-electron chi connectivity index (χ4n) is 3.69. The van der Waals surface area contributed by atoms with Crippen LogP contribution in [-0.2, 0) is 22.8 Å². The Labute approximate surface area is 200 Å². The van der Waals surface area contributed by atoms with Crippen molar-refractivity contribution in [1.29, 1.82) is 0 Å². The van der Waals surface area contributed by atoms with Crippen LogP contribution in [0, 0.1) is 0 Å². The molecule has 6 N–H and O–H groups in total. The van der Waals surface area contributed by atoms with Crippen molar-refractivity contribution in [2.24, 2.45) is 0 Å². The smallest absolute Gasteiger partial charge is 0.242 e. The summed E-state index contributed by atoms with van der Waals surface area (Å²) in [5.41, 5.74) is 9.14. The molecule has 0 unspecified atom stereocenters. The number of alkyl halides is 1. The number of carbonyl (C=O) groups excluding carboxylic acids is 2. The third-order valence-electron chi connectivity index (χ3n) is 5.54. The van der Waals surface area contributed by atoms with Crippen LogP contribution in [0.2, 0.25) is 5.02 Å². The van der Waals surface area contributed by atoms with E-state index in [1.165, 1.54) is 6.07 Å². The Hall–Kier alpha value is -3.85. The number of amides is 2. The zero-order chi connectivity index (χ0) is 24.2. The number of halogens is 2. The van der Waals surface area contributed by atoms with E-state index in [2.05, 4.69) is 20.9 Å². The van der Waals surface area contributed by atoms with Crippen molar-refractivity contribution < 1.29 is 19.1 Å². The van der Waals surface area contributed by atoms with Gasteiger partial charge in [0.25, 0.3) is 0 Å². The number of phenols is 1. The topological polar surface area (TPSA) is 129 Å². The number of hydrogen-bond donors (Lipinski definition) is 5. The molecule has 1 saturated heterocycles. The van der Waals surface area contributed by atoms with Gasteiger partial charge in [-0.15, -0.1) is 0 Å². The summed E-state index contributed by atoms with van der Waals surface area (Å²) < 4.78 is 13.4. The van der Waals surface area contributed by atoms with Gasteiger partial charge in [-0.3, -0.25) is 9.59 Å². The fraction of sp³-hybridized carbons (Fsp3) is 0.208. The normalized spacial score (nSPS) is 15.1. The van der Waals surface area contributed by atoms with E-state index >= 15 is 0 Å². The zero-order valence-corrected chi connectivity index (χ0v) is 18.8. The molecule has 1 atom stereocenters. The molecule has 0 bridgehead atoms. The number of pyridine rings is 1. The van der Waals surface area contributed by atoms with E-state index in [0.29, 0.717) is 51.6 Å². The van der Waals surface area contributed by atoms with Gasteiger partial charge in [0.15, 0.2) is 0 Å². The van der Waals surface area contributed by atoms with Gasteiger partial charge in [-0.1, -0.05) is 17.7 Å². The number of nitrogen functional groups attached to an aromatic ring is 1. The summed E-state index contributed by atoms with van der Waals surface area (Å²) in [6.07, 6.45) is 0.796. The summed E-state index contributed by atoms with van der Waals surface area (Å²) >= 11 is 5.94. The second kappa shape index (κ2) is 9.96. The second-order valence-electron chi connectivity index (χ2n) is 7.91. The van der Waals surface area contributed by atoms with Gasteiger partial charge in [0, 0.05) is 46.1 Å². The standard InChI is InChI=1S/C24H23ClFN5O3/c25-15-2-5-18(14(9-15)11-26)29-16-3-7-21(32)17(10-16)19-4-1-13(23(27)31-19)12-28-24(34)20-6-8-22(33)30-20/h1-5,7,9-10,20,29,32H,6,8,11-12H2,(H2,27,31)(H,28,34)(H,30,33)/t20-/m0/s1. The summed E-state index contributed by atoms with van der Waals surface area (Å²) in [5.74, 6) is -0.222. The van der Waals surface area contributed by atoms with E-state index in [9.17, 15) is 19.1 Å². The minimum Gasteiger partial charge on any atom is -0.507 e. The molecule has 0 aliphatic carbocycles. The number of phenolic OH excluding ortho intramolecular Hbond substituents is 1. The molecule has 1 aliphatic heterocycles. The molecular weight excluding hydrogens is 461 g/mol. The lowest BCUT2D eigenvalue weighted by Gasteiger charge is -2.14. The van der Waals surface area contributed by atoms with Gasteiger partial charge >= 0.3 is 0 Å². The van der Waals surface area contributed by atoms with Crippen molar-refractivity contribution in [3.63, 3.8) is 0 Å². The van der Waals surface area contributed by atoms with Crippen molar-refractivity contribution in [2.75, 3.05) is 11.1 Å². The maximum atomic E-state index is 13.4. The maximum absolute atomic E-state index is 13.4. The van der Waals surface area contributed by atoms with Crippen molar-refractivity contribution in [1.82, 2.24) is 15.6 Å². The summed E-state index contributed by atoms with van der Waals surface area (Å²) in [6, 6.07) is 12.6. The highest BCUT2D eigenvalue weighted by atomic mass is 35.5. The minimum atomic E-state index is -0.683. The maximum Gasteiger partial charge on any atom is 0.242 e. The summed E-state index contributed by atoms with van der Waals surface area (Å²) in [4.78, 5) is 27.9. The Bertz CT molecular complexity index is 1250.